The van der Waals surface area contributed by atoms with E-state index in [0.29, 0.717) is 6.54 Å². The van der Waals surface area contributed by atoms with Gasteiger partial charge >= 0.3 is 5.97 Å². The van der Waals surface area contributed by atoms with Crippen molar-refractivity contribution in [2.45, 2.75) is 52.0 Å². The minimum atomic E-state index is -0.247. The topological polar surface area (TPSA) is 49.9 Å². The van der Waals surface area contributed by atoms with Crippen LogP contribution in [0.4, 0.5) is 0 Å². The fraction of sp³-hybridized carbons (Fsp3) is 0.867. The normalized spacial score (nSPS) is 19.6. The number of hydrogen-bond acceptors (Lipinski definition) is 4. The monoisotopic (exact) mass is 284 g/mol. The van der Waals surface area contributed by atoms with Crippen molar-refractivity contribution in [2.24, 2.45) is 0 Å². The summed E-state index contributed by atoms with van der Waals surface area (Å²) < 4.78 is 4.85. The minimum absolute atomic E-state index is 0.129. The van der Waals surface area contributed by atoms with Crippen LogP contribution in [0.15, 0.2) is 0 Å². The molecule has 1 rings (SSSR count). The van der Waals surface area contributed by atoms with E-state index >= 15 is 0 Å². The van der Waals surface area contributed by atoms with Crippen molar-refractivity contribution in [3.63, 3.8) is 0 Å². The third kappa shape index (κ3) is 4.78. The van der Waals surface area contributed by atoms with Crippen molar-refractivity contribution in [1.29, 1.82) is 0 Å². The van der Waals surface area contributed by atoms with E-state index in [0.717, 1.165) is 51.7 Å². The number of ether oxygens (including phenoxy) is 1. The maximum Gasteiger partial charge on any atom is 0.323 e. The van der Waals surface area contributed by atoms with E-state index in [-0.39, 0.29) is 17.9 Å². The Morgan fingerprint density at radius 1 is 1.20 bits per heavy atom. The van der Waals surface area contributed by atoms with E-state index in [4.69, 9.17) is 4.74 Å². The molecule has 1 aliphatic rings. The quantitative estimate of drug-likeness (QED) is 0.667. The van der Waals surface area contributed by atoms with Gasteiger partial charge in [0.15, 0.2) is 0 Å². The van der Waals surface area contributed by atoms with E-state index < -0.39 is 0 Å². The largest absolute Gasteiger partial charge is 0.468 e. The number of esters is 1. The Hall–Kier alpha value is -1.10. The highest BCUT2D eigenvalue weighted by Crippen LogP contribution is 2.18. The van der Waals surface area contributed by atoms with Gasteiger partial charge in [-0.3, -0.25) is 14.5 Å². The predicted octanol–water partition coefficient (Wildman–Crippen LogP) is 1.66. The maximum absolute atomic E-state index is 12.4. The third-order valence-electron chi connectivity index (χ3n) is 3.77. The van der Waals surface area contributed by atoms with E-state index in [9.17, 15) is 9.59 Å². The van der Waals surface area contributed by atoms with Crippen LogP contribution in [0.2, 0.25) is 0 Å². The first kappa shape index (κ1) is 17.0. The zero-order valence-corrected chi connectivity index (χ0v) is 13.1. The molecule has 0 aliphatic carbocycles. The standard InChI is InChI=1S/C15H28N2O3/c1-4-9-16(10-5-2)14(18)12-17-11-7-6-8-13(17)15(19)20-3/h13H,4-12H2,1-3H3/t13-/m1/s1. The molecule has 0 aromatic carbocycles. The van der Waals surface area contributed by atoms with Crippen molar-refractivity contribution in [3.8, 4) is 0 Å². The molecule has 1 amide bonds. The van der Waals surface area contributed by atoms with Gasteiger partial charge in [0.1, 0.15) is 6.04 Å². The highest BCUT2D eigenvalue weighted by atomic mass is 16.5. The van der Waals surface area contributed by atoms with Gasteiger partial charge in [-0.2, -0.15) is 0 Å². The van der Waals surface area contributed by atoms with Crippen LogP contribution in [0.25, 0.3) is 0 Å². The van der Waals surface area contributed by atoms with E-state index in [1.54, 1.807) is 0 Å². The molecule has 1 atom stereocenters. The van der Waals surface area contributed by atoms with Crippen molar-refractivity contribution >= 4 is 11.9 Å². The first-order valence-electron chi connectivity index (χ1n) is 7.73. The summed E-state index contributed by atoms with van der Waals surface area (Å²) in [5.74, 6) is -0.0838. The summed E-state index contributed by atoms with van der Waals surface area (Å²) in [6.45, 7) is 6.88. The second kappa shape index (κ2) is 8.95. The molecule has 0 aromatic heterocycles. The van der Waals surface area contributed by atoms with Gasteiger partial charge in [-0.15, -0.1) is 0 Å². The second-order valence-electron chi connectivity index (χ2n) is 5.39. The van der Waals surface area contributed by atoms with Gasteiger partial charge in [-0.25, -0.2) is 0 Å². The molecule has 0 saturated carbocycles. The van der Waals surface area contributed by atoms with Crippen LogP contribution in [-0.2, 0) is 14.3 Å². The van der Waals surface area contributed by atoms with Crippen molar-refractivity contribution < 1.29 is 14.3 Å². The molecular weight excluding hydrogens is 256 g/mol. The van der Waals surface area contributed by atoms with Gasteiger partial charge in [0, 0.05) is 13.1 Å². The Morgan fingerprint density at radius 2 is 1.85 bits per heavy atom. The SMILES string of the molecule is CCCN(CCC)C(=O)CN1CCCC[C@@H]1C(=O)OC. The average molecular weight is 284 g/mol. The molecule has 5 nitrogen and oxygen atoms in total. The van der Waals surface area contributed by atoms with Crippen LogP contribution in [-0.4, -0.2) is 61.0 Å². The molecule has 0 aromatic rings. The smallest absolute Gasteiger partial charge is 0.323 e. The van der Waals surface area contributed by atoms with Gasteiger partial charge in [0.05, 0.1) is 13.7 Å². The lowest BCUT2D eigenvalue weighted by molar-refractivity contribution is -0.149. The van der Waals surface area contributed by atoms with Crippen LogP contribution in [0.3, 0.4) is 0 Å². The summed E-state index contributed by atoms with van der Waals surface area (Å²) in [5, 5.41) is 0. The first-order chi connectivity index (χ1) is 9.63. The molecule has 0 unspecified atom stereocenters. The fourth-order valence-electron chi connectivity index (χ4n) is 2.76. The van der Waals surface area contributed by atoms with Gasteiger partial charge in [0.25, 0.3) is 0 Å². The first-order valence-corrected chi connectivity index (χ1v) is 7.73. The Morgan fingerprint density at radius 3 is 2.40 bits per heavy atom. The number of rotatable bonds is 7. The fourth-order valence-corrected chi connectivity index (χ4v) is 2.76. The van der Waals surface area contributed by atoms with Crippen molar-refractivity contribution in [3.05, 3.63) is 0 Å². The zero-order chi connectivity index (χ0) is 15.0. The molecular formula is C15H28N2O3. The number of carbonyl (C=O) groups is 2. The highest BCUT2D eigenvalue weighted by molar-refractivity contribution is 5.80. The lowest BCUT2D eigenvalue weighted by Gasteiger charge is -2.34. The average Bonchev–Trinajstić information content (AvgIpc) is 2.46. The molecule has 5 heteroatoms. The zero-order valence-electron chi connectivity index (χ0n) is 13.1. The summed E-state index contributed by atoms with van der Waals surface area (Å²) in [4.78, 5) is 28.1. The predicted molar refractivity (Wildman–Crippen MR) is 78.4 cm³/mol. The lowest BCUT2D eigenvalue weighted by atomic mass is 10.0. The summed E-state index contributed by atoms with van der Waals surface area (Å²) in [6, 6.07) is -0.247. The van der Waals surface area contributed by atoms with Crippen LogP contribution >= 0.6 is 0 Å². The summed E-state index contributed by atoms with van der Waals surface area (Å²) >= 11 is 0. The number of hydrogen-bond donors (Lipinski definition) is 0. The molecule has 0 spiro atoms. The highest BCUT2D eigenvalue weighted by Gasteiger charge is 2.31. The summed E-state index contributed by atoms with van der Waals surface area (Å²) in [7, 11) is 1.41. The molecule has 0 N–H and O–H groups in total. The summed E-state index contributed by atoms with van der Waals surface area (Å²) in [5.41, 5.74) is 0. The van der Waals surface area contributed by atoms with E-state index in [1.807, 2.05) is 9.80 Å². The number of amides is 1. The van der Waals surface area contributed by atoms with Crippen LogP contribution < -0.4 is 0 Å². The molecule has 1 heterocycles. The van der Waals surface area contributed by atoms with Crippen molar-refractivity contribution in [2.75, 3.05) is 33.3 Å². The second-order valence-corrected chi connectivity index (χ2v) is 5.39. The molecule has 20 heavy (non-hydrogen) atoms. The summed E-state index contributed by atoms with van der Waals surface area (Å²) in [6.07, 6.45) is 4.79. The van der Waals surface area contributed by atoms with Crippen LogP contribution in [0, 0.1) is 0 Å². The number of methoxy groups -OCH3 is 1. The third-order valence-corrected chi connectivity index (χ3v) is 3.77. The van der Waals surface area contributed by atoms with Crippen molar-refractivity contribution in [1.82, 2.24) is 9.80 Å². The van der Waals surface area contributed by atoms with E-state index in [1.165, 1.54) is 7.11 Å². The Labute approximate surface area is 122 Å². The van der Waals surface area contributed by atoms with Crippen LogP contribution in [0.5, 0.6) is 0 Å². The number of piperidine rings is 1. The van der Waals surface area contributed by atoms with Gasteiger partial charge in [-0.05, 0) is 32.2 Å². The number of likely N-dealkylation sites (tertiary alicyclic amines) is 1. The molecule has 1 saturated heterocycles. The minimum Gasteiger partial charge on any atom is -0.468 e. The van der Waals surface area contributed by atoms with Gasteiger partial charge < -0.3 is 9.64 Å². The van der Waals surface area contributed by atoms with Crippen LogP contribution in [0.1, 0.15) is 46.0 Å². The Bertz CT molecular complexity index is 314. The van der Waals surface area contributed by atoms with Gasteiger partial charge in [-0.1, -0.05) is 20.3 Å². The maximum atomic E-state index is 12.4. The molecule has 116 valence electrons. The molecule has 1 aliphatic heterocycles. The number of nitrogens with zero attached hydrogens (tertiary/aromatic N) is 2. The lowest BCUT2D eigenvalue weighted by Crippen LogP contribution is -2.50. The Kier molecular flexibility index (Phi) is 7.59. The molecule has 1 fully saturated rings. The molecule has 0 bridgehead atoms. The van der Waals surface area contributed by atoms with Gasteiger partial charge in [0.2, 0.25) is 5.91 Å². The Balaban J connectivity index is 2.62. The molecule has 0 radical (unpaired) electrons. The number of carbonyl (C=O) groups excluding carboxylic acids is 2. The van der Waals surface area contributed by atoms with E-state index in [2.05, 4.69) is 13.8 Å².